The van der Waals surface area contributed by atoms with E-state index in [1.807, 2.05) is 23.6 Å². The van der Waals surface area contributed by atoms with Crippen molar-refractivity contribution < 1.29 is 4.52 Å². The standard InChI is InChI=1S/C8H6ClNOS/c9-5-6-4-7(10-11-6)8-2-1-3-12-8/h1-4H,5H2. The van der Waals surface area contributed by atoms with Gasteiger partial charge in [0.1, 0.15) is 5.69 Å². The van der Waals surface area contributed by atoms with E-state index in [4.69, 9.17) is 16.1 Å². The summed E-state index contributed by atoms with van der Waals surface area (Å²) in [7, 11) is 0. The molecule has 0 saturated heterocycles. The van der Waals surface area contributed by atoms with Crippen molar-refractivity contribution in [3.05, 3.63) is 29.3 Å². The summed E-state index contributed by atoms with van der Waals surface area (Å²) < 4.78 is 4.96. The highest BCUT2D eigenvalue weighted by molar-refractivity contribution is 7.13. The molecule has 0 aliphatic rings. The van der Waals surface area contributed by atoms with Crippen LogP contribution in [0.25, 0.3) is 10.6 Å². The molecule has 0 radical (unpaired) electrons. The summed E-state index contributed by atoms with van der Waals surface area (Å²) in [6.45, 7) is 0. The molecule has 0 atom stereocenters. The number of alkyl halides is 1. The molecule has 0 saturated carbocycles. The van der Waals surface area contributed by atoms with Crippen LogP contribution in [0.3, 0.4) is 0 Å². The van der Waals surface area contributed by atoms with Crippen LogP contribution in [-0.4, -0.2) is 5.16 Å². The lowest BCUT2D eigenvalue weighted by atomic mass is 10.3. The van der Waals surface area contributed by atoms with E-state index in [9.17, 15) is 0 Å². The molecule has 0 fully saturated rings. The Hall–Kier alpha value is -0.800. The summed E-state index contributed by atoms with van der Waals surface area (Å²) in [5.41, 5.74) is 0.862. The Kier molecular flexibility index (Phi) is 2.15. The number of hydrogen-bond acceptors (Lipinski definition) is 3. The zero-order chi connectivity index (χ0) is 8.39. The molecule has 0 aliphatic carbocycles. The molecule has 12 heavy (non-hydrogen) atoms. The molecule has 0 aliphatic heterocycles. The van der Waals surface area contributed by atoms with Crippen LogP contribution in [0.1, 0.15) is 5.76 Å². The van der Waals surface area contributed by atoms with Gasteiger partial charge < -0.3 is 4.52 Å². The van der Waals surface area contributed by atoms with Crippen LogP contribution in [0.2, 0.25) is 0 Å². The van der Waals surface area contributed by atoms with Crippen LogP contribution in [0.4, 0.5) is 0 Å². The lowest BCUT2D eigenvalue weighted by molar-refractivity contribution is 0.396. The van der Waals surface area contributed by atoms with Gasteiger partial charge in [0.2, 0.25) is 0 Å². The molecule has 2 nitrogen and oxygen atoms in total. The molecular weight excluding hydrogens is 194 g/mol. The van der Waals surface area contributed by atoms with E-state index in [0.29, 0.717) is 11.6 Å². The fourth-order valence-electron chi connectivity index (χ4n) is 0.916. The van der Waals surface area contributed by atoms with Crippen LogP contribution in [0, 0.1) is 0 Å². The highest BCUT2D eigenvalue weighted by Crippen LogP contribution is 2.24. The van der Waals surface area contributed by atoms with Crippen molar-refractivity contribution in [2.75, 3.05) is 0 Å². The SMILES string of the molecule is ClCc1cc(-c2cccs2)no1. The van der Waals surface area contributed by atoms with Crippen LogP contribution in [0.15, 0.2) is 28.1 Å². The first-order chi connectivity index (χ1) is 5.90. The van der Waals surface area contributed by atoms with E-state index in [0.717, 1.165) is 10.6 Å². The largest absolute Gasteiger partial charge is 0.359 e. The average Bonchev–Trinajstić information content (AvgIpc) is 2.75. The Morgan fingerprint density at radius 2 is 2.50 bits per heavy atom. The number of nitrogens with zero attached hydrogens (tertiary/aromatic N) is 1. The quantitative estimate of drug-likeness (QED) is 0.695. The third-order valence-electron chi connectivity index (χ3n) is 1.46. The second-order valence-electron chi connectivity index (χ2n) is 2.29. The van der Waals surface area contributed by atoms with Crippen molar-refractivity contribution in [3.8, 4) is 10.6 Å². The molecule has 2 rings (SSSR count). The van der Waals surface area contributed by atoms with Gasteiger partial charge in [0.05, 0.1) is 10.8 Å². The molecule has 2 aromatic rings. The van der Waals surface area contributed by atoms with Gasteiger partial charge in [0.25, 0.3) is 0 Å². The van der Waals surface area contributed by atoms with Gasteiger partial charge in [-0.1, -0.05) is 11.2 Å². The van der Waals surface area contributed by atoms with Gasteiger partial charge in [-0.3, -0.25) is 0 Å². The normalized spacial score (nSPS) is 10.4. The molecule has 4 heteroatoms. The summed E-state index contributed by atoms with van der Waals surface area (Å²) >= 11 is 7.21. The fourth-order valence-corrected chi connectivity index (χ4v) is 1.72. The topological polar surface area (TPSA) is 26.0 Å². The minimum Gasteiger partial charge on any atom is -0.359 e. The molecule has 0 N–H and O–H groups in total. The van der Waals surface area contributed by atoms with Crippen LogP contribution in [-0.2, 0) is 5.88 Å². The van der Waals surface area contributed by atoms with E-state index < -0.39 is 0 Å². The minimum absolute atomic E-state index is 0.373. The average molecular weight is 200 g/mol. The summed E-state index contributed by atoms with van der Waals surface area (Å²) in [5, 5.41) is 5.88. The van der Waals surface area contributed by atoms with Gasteiger partial charge in [0, 0.05) is 6.07 Å². The van der Waals surface area contributed by atoms with E-state index in [2.05, 4.69) is 5.16 Å². The Morgan fingerprint density at radius 3 is 3.08 bits per heavy atom. The fraction of sp³-hybridized carbons (Fsp3) is 0.125. The number of aromatic nitrogens is 1. The van der Waals surface area contributed by atoms with E-state index >= 15 is 0 Å². The first-order valence-electron chi connectivity index (χ1n) is 3.45. The monoisotopic (exact) mass is 199 g/mol. The second kappa shape index (κ2) is 3.29. The van der Waals surface area contributed by atoms with Crippen LogP contribution < -0.4 is 0 Å². The number of halogens is 1. The Bertz CT molecular complexity index is 355. The zero-order valence-electron chi connectivity index (χ0n) is 6.16. The molecule has 2 aromatic heterocycles. The van der Waals surface area contributed by atoms with Crippen LogP contribution >= 0.6 is 22.9 Å². The van der Waals surface area contributed by atoms with Crippen molar-refractivity contribution in [2.24, 2.45) is 0 Å². The number of rotatable bonds is 2. The van der Waals surface area contributed by atoms with E-state index in [1.54, 1.807) is 11.3 Å². The zero-order valence-corrected chi connectivity index (χ0v) is 7.73. The van der Waals surface area contributed by atoms with Crippen molar-refractivity contribution in [1.29, 1.82) is 0 Å². The highest BCUT2D eigenvalue weighted by atomic mass is 35.5. The smallest absolute Gasteiger partial charge is 0.152 e. The third-order valence-corrected chi connectivity index (χ3v) is 2.62. The van der Waals surface area contributed by atoms with Crippen molar-refractivity contribution >= 4 is 22.9 Å². The van der Waals surface area contributed by atoms with Gasteiger partial charge in [-0.05, 0) is 11.4 Å². The third kappa shape index (κ3) is 1.38. The van der Waals surface area contributed by atoms with Gasteiger partial charge in [-0.15, -0.1) is 22.9 Å². The molecule has 62 valence electrons. The van der Waals surface area contributed by atoms with E-state index in [1.165, 1.54) is 0 Å². The van der Waals surface area contributed by atoms with Crippen molar-refractivity contribution in [3.63, 3.8) is 0 Å². The maximum atomic E-state index is 5.57. The molecule has 0 spiro atoms. The maximum Gasteiger partial charge on any atom is 0.152 e. The molecule has 0 amide bonds. The van der Waals surface area contributed by atoms with Crippen molar-refractivity contribution in [1.82, 2.24) is 5.16 Å². The van der Waals surface area contributed by atoms with Crippen molar-refractivity contribution in [2.45, 2.75) is 5.88 Å². The highest BCUT2D eigenvalue weighted by Gasteiger charge is 2.05. The summed E-state index contributed by atoms with van der Waals surface area (Å²) in [6, 6.07) is 5.84. The van der Waals surface area contributed by atoms with Gasteiger partial charge >= 0.3 is 0 Å². The predicted octanol–water partition coefficient (Wildman–Crippen LogP) is 3.14. The molecule has 2 heterocycles. The number of hydrogen-bond donors (Lipinski definition) is 0. The molecular formula is C8H6ClNOS. The van der Waals surface area contributed by atoms with Gasteiger partial charge in [0.15, 0.2) is 5.76 Å². The Balaban J connectivity index is 2.35. The van der Waals surface area contributed by atoms with Gasteiger partial charge in [-0.2, -0.15) is 0 Å². The number of thiophene rings is 1. The van der Waals surface area contributed by atoms with Crippen LogP contribution in [0.5, 0.6) is 0 Å². The Morgan fingerprint density at radius 1 is 1.58 bits per heavy atom. The van der Waals surface area contributed by atoms with Gasteiger partial charge in [-0.25, -0.2) is 0 Å². The maximum absolute atomic E-state index is 5.57. The summed E-state index contributed by atoms with van der Waals surface area (Å²) in [5.74, 6) is 1.08. The second-order valence-corrected chi connectivity index (χ2v) is 3.50. The lowest BCUT2D eigenvalue weighted by Gasteiger charge is -1.82. The summed E-state index contributed by atoms with van der Waals surface area (Å²) in [6.07, 6.45) is 0. The molecule has 0 unspecified atom stereocenters. The summed E-state index contributed by atoms with van der Waals surface area (Å²) in [4.78, 5) is 1.11. The molecule has 0 bridgehead atoms. The first-order valence-corrected chi connectivity index (χ1v) is 4.87. The lowest BCUT2D eigenvalue weighted by Crippen LogP contribution is -1.66. The van der Waals surface area contributed by atoms with E-state index in [-0.39, 0.29) is 0 Å². The predicted molar refractivity (Wildman–Crippen MR) is 49.4 cm³/mol. The minimum atomic E-state index is 0.373. The Labute approximate surface area is 78.8 Å². The molecule has 0 aromatic carbocycles. The first kappa shape index (κ1) is 7.83.